The standard InChI is InChI=1S/C30H38F4O2/c1-2-3-18-4-8-20(9-5-18)23-14-15-25(30(34)28(23)32)35-16-19-6-10-21(11-7-19)22-12-13-24(26-17-36-26)29(33)27(22)31/h2-3,13,15,18-23,26H,4-12,14,16-17H2,1H3/b3-2+. The van der Waals surface area contributed by atoms with E-state index in [4.69, 9.17) is 9.47 Å². The van der Waals surface area contributed by atoms with E-state index in [1.165, 1.54) is 0 Å². The third-order valence-corrected chi connectivity index (χ3v) is 9.15. The Balaban J connectivity index is 1.08. The van der Waals surface area contributed by atoms with E-state index >= 15 is 0 Å². The van der Waals surface area contributed by atoms with Gasteiger partial charge in [-0.05, 0) is 101 Å². The first-order valence-corrected chi connectivity index (χ1v) is 13.8. The SMILES string of the molecule is C/C=C/C1CCC(C2CC=C(OCC3CCC(C4CC=C(C5CO5)C(F)=C4F)CC3)C(F)=C2F)CC1. The van der Waals surface area contributed by atoms with Gasteiger partial charge >= 0.3 is 0 Å². The van der Waals surface area contributed by atoms with Crippen LogP contribution in [0.5, 0.6) is 0 Å². The van der Waals surface area contributed by atoms with E-state index in [9.17, 15) is 17.6 Å². The molecule has 3 atom stereocenters. The molecule has 0 N–H and O–H groups in total. The summed E-state index contributed by atoms with van der Waals surface area (Å²) in [6.45, 7) is 2.83. The van der Waals surface area contributed by atoms with Crippen LogP contribution in [0, 0.1) is 35.5 Å². The molecule has 0 aromatic heterocycles. The van der Waals surface area contributed by atoms with Crippen molar-refractivity contribution < 1.29 is 27.0 Å². The Morgan fingerprint density at radius 2 is 1.42 bits per heavy atom. The number of ether oxygens (including phenoxy) is 2. The highest BCUT2D eigenvalue weighted by Gasteiger charge is 2.39. The average molecular weight is 507 g/mol. The van der Waals surface area contributed by atoms with Crippen molar-refractivity contribution in [2.45, 2.75) is 77.2 Å². The van der Waals surface area contributed by atoms with Gasteiger partial charge in [0.25, 0.3) is 0 Å². The Morgan fingerprint density at radius 1 is 0.833 bits per heavy atom. The summed E-state index contributed by atoms with van der Waals surface area (Å²) in [6.07, 6.45) is 15.7. The molecule has 3 unspecified atom stereocenters. The summed E-state index contributed by atoms with van der Waals surface area (Å²) in [7, 11) is 0. The third kappa shape index (κ3) is 5.54. The summed E-state index contributed by atoms with van der Waals surface area (Å²) < 4.78 is 69.9. The zero-order chi connectivity index (χ0) is 25.2. The van der Waals surface area contributed by atoms with Gasteiger partial charge < -0.3 is 9.47 Å². The number of hydrogen-bond donors (Lipinski definition) is 0. The van der Waals surface area contributed by atoms with E-state index in [-0.39, 0.29) is 35.5 Å². The van der Waals surface area contributed by atoms with Crippen molar-refractivity contribution in [2.24, 2.45) is 35.5 Å². The monoisotopic (exact) mass is 506 g/mol. The second-order valence-corrected chi connectivity index (χ2v) is 11.4. The molecule has 0 spiro atoms. The number of epoxide rings is 1. The quantitative estimate of drug-likeness (QED) is 0.196. The summed E-state index contributed by atoms with van der Waals surface area (Å²) in [4.78, 5) is 0. The molecule has 4 aliphatic carbocycles. The zero-order valence-electron chi connectivity index (χ0n) is 21.2. The molecule has 6 heteroatoms. The van der Waals surface area contributed by atoms with Gasteiger partial charge in [-0.3, -0.25) is 0 Å². The maximum atomic E-state index is 15.0. The first-order valence-electron chi connectivity index (χ1n) is 13.8. The van der Waals surface area contributed by atoms with Crippen LogP contribution in [0.15, 0.2) is 58.9 Å². The van der Waals surface area contributed by atoms with Crippen LogP contribution in [0.25, 0.3) is 0 Å². The predicted octanol–water partition coefficient (Wildman–Crippen LogP) is 8.74. The predicted molar refractivity (Wildman–Crippen MR) is 132 cm³/mol. The van der Waals surface area contributed by atoms with Crippen LogP contribution in [0.3, 0.4) is 0 Å². The molecule has 0 aromatic carbocycles. The molecule has 1 heterocycles. The lowest BCUT2D eigenvalue weighted by Gasteiger charge is -2.35. The molecule has 0 bridgehead atoms. The topological polar surface area (TPSA) is 21.8 Å². The van der Waals surface area contributed by atoms with Crippen LogP contribution in [0.4, 0.5) is 17.6 Å². The summed E-state index contributed by atoms with van der Waals surface area (Å²) in [5.74, 6) is -2.51. The van der Waals surface area contributed by atoms with Crippen molar-refractivity contribution in [2.75, 3.05) is 13.2 Å². The van der Waals surface area contributed by atoms with Crippen molar-refractivity contribution >= 4 is 0 Å². The molecule has 36 heavy (non-hydrogen) atoms. The van der Waals surface area contributed by atoms with Gasteiger partial charge in [-0.1, -0.05) is 18.2 Å². The molecular weight excluding hydrogens is 468 g/mol. The van der Waals surface area contributed by atoms with E-state index < -0.39 is 29.2 Å². The molecule has 198 valence electrons. The zero-order valence-corrected chi connectivity index (χ0v) is 21.2. The van der Waals surface area contributed by atoms with Gasteiger partial charge in [0.2, 0.25) is 0 Å². The highest BCUT2D eigenvalue weighted by molar-refractivity contribution is 5.38. The minimum Gasteiger partial charge on any atom is -0.490 e. The normalized spacial score (nSPS) is 37.8. The largest absolute Gasteiger partial charge is 0.490 e. The first kappa shape index (κ1) is 25.8. The lowest BCUT2D eigenvalue weighted by atomic mass is 9.73. The summed E-state index contributed by atoms with van der Waals surface area (Å²) >= 11 is 0. The van der Waals surface area contributed by atoms with Crippen molar-refractivity contribution in [1.82, 2.24) is 0 Å². The fourth-order valence-electron chi connectivity index (χ4n) is 6.85. The van der Waals surface area contributed by atoms with Crippen molar-refractivity contribution in [1.29, 1.82) is 0 Å². The maximum absolute atomic E-state index is 15.0. The molecule has 1 aliphatic heterocycles. The maximum Gasteiger partial charge on any atom is 0.196 e. The van der Waals surface area contributed by atoms with Crippen LogP contribution in [0.1, 0.15) is 71.1 Å². The molecule has 0 amide bonds. The Hall–Kier alpha value is -1.82. The fourth-order valence-corrected chi connectivity index (χ4v) is 6.85. The molecule has 0 aromatic rings. The second-order valence-electron chi connectivity index (χ2n) is 11.4. The lowest BCUT2D eigenvalue weighted by Crippen LogP contribution is -2.26. The smallest absolute Gasteiger partial charge is 0.196 e. The molecule has 5 rings (SSSR count). The lowest BCUT2D eigenvalue weighted by molar-refractivity contribution is 0.109. The fraction of sp³-hybridized carbons (Fsp3) is 0.667. The highest BCUT2D eigenvalue weighted by Crippen LogP contribution is 2.46. The summed E-state index contributed by atoms with van der Waals surface area (Å²) in [5, 5.41) is 0. The average Bonchev–Trinajstić information content (AvgIpc) is 3.73. The van der Waals surface area contributed by atoms with Gasteiger partial charge in [-0.25, -0.2) is 17.6 Å². The van der Waals surface area contributed by atoms with Gasteiger partial charge in [-0.15, -0.1) is 0 Å². The molecule has 1 saturated heterocycles. The molecule has 5 aliphatic rings. The van der Waals surface area contributed by atoms with E-state index in [2.05, 4.69) is 12.2 Å². The van der Waals surface area contributed by atoms with Crippen molar-refractivity contribution in [3.05, 3.63) is 58.9 Å². The molecule has 3 fully saturated rings. The van der Waals surface area contributed by atoms with Crippen LogP contribution in [-0.2, 0) is 9.47 Å². The minimum atomic E-state index is -0.831. The minimum absolute atomic E-state index is 0.0387. The highest BCUT2D eigenvalue weighted by atomic mass is 19.2. The van der Waals surface area contributed by atoms with E-state index in [1.807, 2.05) is 6.92 Å². The molecule has 0 radical (unpaired) electrons. The van der Waals surface area contributed by atoms with Gasteiger partial charge in [0.1, 0.15) is 17.8 Å². The number of rotatable bonds is 7. The second kappa shape index (κ2) is 11.3. The van der Waals surface area contributed by atoms with Crippen molar-refractivity contribution in [3.8, 4) is 0 Å². The van der Waals surface area contributed by atoms with Gasteiger partial charge in [0, 0.05) is 17.4 Å². The van der Waals surface area contributed by atoms with Gasteiger partial charge in [0.05, 0.1) is 13.2 Å². The van der Waals surface area contributed by atoms with Crippen LogP contribution >= 0.6 is 0 Å². The Morgan fingerprint density at radius 3 is 2.03 bits per heavy atom. The van der Waals surface area contributed by atoms with Gasteiger partial charge in [0.15, 0.2) is 17.4 Å². The first-order chi connectivity index (χ1) is 17.5. The number of hydrogen-bond acceptors (Lipinski definition) is 2. The molecule has 2 nitrogen and oxygen atoms in total. The van der Waals surface area contributed by atoms with Crippen LogP contribution in [0.2, 0.25) is 0 Å². The van der Waals surface area contributed by atoms with Crippen LogP contribution in [-0.4, -0.2) is 19.3 Å². The van der Waals surface area contributed by atoms with Crippen molar-refractivity contribution in [3.63, 3.8) is 0 Å². The van der Waals surface area contributed by atoms with Crippen LogP contribution < -0.4 is 0 Å². The van der Waals surface area contributed by atoms with Gasteiger partial charge in [-0.2, -0.15) is 0 Å². The van der Waals surface area contributed by atoms with E-state index in [1.54, 1.807) is 12.2 Å². The Bertz CT molecular complexity index is 957. The number of allylic oxidation sites excluding steroid dienone is 7. The Labute approximate surface area is 212 Å². The Kier molecular flexibility index (Phi) is 8.09. The molecule has 2 saturated carbocycles. The third-order valence-electron chi connectivity index (χ3n) is 9.15. The summed E-state index contributed by atoms with van der Waals surface area (Å²) in [6, 6.07) is 0. The number of halogens is 4. The van der Waals surface area contributed by atoms with E-state index in [0.29, 0.717) is 37.5 Å². The summed E-state index contributed by atoms with van der Waals surface area (Å²) in [5.41, 5.74) is 0.373. The molecular formula is C30H38F4O2. The van der Waals surface area contributed by atoms with E-state index in [0.717, 1.165) is 51.4 Å².